The number of rotatable bonds is 7. The normalized spacial score (nSPS) is 17.4. The van der Waals surface area contributed by atoms with Gasteiger partial charge >= 0.3 is 11.8 Å². The maximum Gasteiger partial charge on any atom is 0.309 e. The van der Waals surface area contributed by atoms with Crippen LogP contribution in [-0.2, 0) is 20.7 Å². The van der Waals surface area contributed by atoms with Crippen LogP contribution in [0.15, 0.2) is 47.1 Å². The van der Waals surface area contributed by atoms with Crippen LogP contribution >= 0.6 is 0 Å². The van der Waals surface area contributed by atoms with Crippen molar-refractivity contribution in [3.8, 4) is 0 Å². The third-order valence-corrected chi connectivity index (χ3v) is 5.65. The number of anilines is 1. The summed E-state index contributed by atoms with van der Waals surface area (Å²) in [5, 5.41) is 5.48. The fraction of sp³-hybridized carbons (Fsp3) is 0.455. The zero-order valence-electron chi connectivity index (χ0n) is 17.0. The van der Waals surface area contributed by atoms with E-state index in [4.69, 9.17) is 9.15 Å². The summed E-state index contributed by atoms with van der Waals surface area (Å²) in [6, 6.07) is 11.8. The summed E-state index contributed by atoms with van der Waals surface area (Å²) in [7, 11) is 0. The van der Waals surface area contributed by atoms with Gasteiger partial charge in [0.2, 0.25) is 0 Å². The van der Waals surface area contributed by atoms with E-state index in [1.54, 1.807) is 6.26 Å². The van der Waals surface area contributed by atoms with E-state index in [2.05, 4.69) is 32.6 Å². The Bertz CT molecular complexity index is 849. The summed E-state index contributed by atoms with van der Waals surface area (Å²) in [5.74, 6) is -0.468. The lowest BCUT2D eigenvalue weighted by Gasteiger charge is -2.29. The number of fused-ring (bicyclic) bond motifs is 1. The SMILES string of the molecule is O=C(NCCN1CCOCC1)C(=O)NC[C@@H](c1ccco1)N1CCc2ccccc21. The predicted molar refractivity (Wildman–Crippen MR) is 112 cm³/mol. The summed E-state index contributed by atoms with van der Waals surface area (Å²) in [5.41, 5.74) is 2.42. The monoisotopic (exact) mass is 412 g/mol. The van der Waals surface area contributed by atoms with Crippen molar-refractivity contribution < 1.29 is 18.7 Å². The molecule has 0 aliphatic carbocycles. The molecule has 160 valence electrons. The van der Waals surface area contributed by atoms with E-state index in [9.17, 15) is 9.59 Å². The van der Waals surface area contributed by atoms with Gasteiger partial charge in [0.25, 0.3) is 0 Å². The van der Waals surface area contributed by atoms with E-state index in [1.165, 1.54) is 5.56 Å². The van der Waals surface area contributed by atoms with Gasteiger partial charge in [-0.05, 0) is 30.2 Å². The first kappa shape index (κ1) is 20.4. The molecule has 30 heavy (non-hydrogen) atoms. The molecule has 0 saturated carbocycles. The lowest BCUT2D eigenvalue weighted by molar-refractivity contribution is -0.139. The quantitative estimate of drug-likeness (QED) is 0.659. The number of furan rings is 1. The molecule has 1 aromatic heterocycles. The lowest BCUT2D eigenvalue weighted by Crippen LogP contribution is -2.46. The third-order valence-electron chi connectivity index (χ3n) is 5.65. The van der Waals surface area contributed by atoms with Gasteiger partial charge in [0.1, 0.15) is 11.8 Å². The molecule has 1 aromatic carbocycles. The Kier molecular flexibility index (Phi) is 6.66. The first-order valence-corrected chi connectivity index (χ1v) is 10.5. The number of nitrogens with one attached hydrogen (secondary N) is 2. The molecule has 2 aliphatic heterocycles. The highest BCUT2D eigenvalue weighted by atomic mass is 16.5. The fourth-order valence-electron chi connectivity index (χ4n) is 4.04. The Morgan fingerprint density at radius 1 is 1.00 bits per heavy atom. The van der Waals surface area contributed by atoms with Crippen molar-refractivity contribution in [2.45, 2.75) is 12.5 Å². The molecular formula is C22H28N4O4. The van der Waals surface area contributed by atoms with Crippen LogP contribution in [0.1, 0.15) is 17.4 Å². The molecule has 0 spiro atoms. The molecular weight excluding hydrogens is 384 g/mol. The van der Waals surface area contributed by atoms with Crippen molar-refractivity contribution in [1.82, 2.24) is 15.5 Å². The molecule has 1 saturated heterocycles. The van der Waals surface area contributed by atoms with Gasteiger partial charge in [0.05, 0.1) is 19.5 Å². The van der Waals surface area contributed by atoms with Gasteiger partial charge in [0, 0.05) is 45.0 Å². The van der Waals surface area contributed by atoms with Crippen LogP contribution in [0.25, 0.3) is 0 Å². The van der Waals surface area contributed by atoms with Crippen molar-refractivity contribution in [3.05, 3.63) is 54.0 Å². The molecule has 0 radical (unpaired) electrons. The Balaban J connectivity index is 1.31. The highest BCUT2D eigenvalue weighted by Crippen LogP contribution is 2.34. The summed E-state index contributed by atoms with van der Waals surface area (Å²) in [4.78, 5) is 29.0. The molecule has 2 N–H and O–H groups in total. The van der Waals surface area contributed by atoms with Crippen LogP contribution in [0.3, 0.4) is 0 Å². The number of amides is 2. The summed E-state index contributed by atoms with van der Waals surface area (Å²) >= 11 is 0. The van der Waals surface area contributed by atoms with Crippen molar-refractivity contribution in [3.63, 3.8) is 0 Å². The second-order valence-corrected chi connectivity index (χ2v) is 7.52. The molecule has 0 bridgehead atoms. The standard InChI is InChI=1S/C22H28N4O4/c27-21(23-8-10-25-11-14-29-15-12-25)22(28)24-16-19(20-6-3-13-30-20)26-9-7-17-4-1-2-5-18(17)26/h1-6,13,19H,7-12,14-16H2,(H,23,27)(H,24,28)/t19-/m0/s1. The largest absolute Gasteiger partial charge is 0.467 e. The molecule has 2 aliphatic rings. The molecule has 2 amide bonds. The molecule has 4 rings (SSSR count). The third kappa shape index (κ3) is 4.83. The number of morpholine rings is 1. The van der Waals surface area contributed by atoms with Gasteiger partial charge in [0.15, 0.2) is 0 Å². The molecule has 0 unspecified atom stereocenters. The van der Waals surface area contributed by atoms with E-state index in [-0.39, 0.29) is 12.6 Å². The van der Waals surface area contributed by atoms with Gasteiger partial charge in [-0.1, -0.05) is 18.2 Å². The molecule has 1 atom stereocenters. The van der Waals surface area contributed by atoms with Crippen molar-refractivity contribution in [2.24, 2.45) is 0 Å². The first-order valence-electron chi connectivity index (χ1n) is 10.5. The highest BCUT2D eigenvalue weighted by molar-refractivity contribution is 6.35. The fourth-order valence-corrected chi connectivity index (χ4v) is 4.04. The zero-order valence-corrected chi connectivity index (χ0v) is 17.0. The van der Waals surface area contributed by atoms with E-state index < -0.39 is 11.8 Å². The molecule has 2 aromatic rings. The van der Waals surface area contributed by atoms with Crippen LogP contribution < -0.4 is 15.5 Å². The number of hydrogen-bond donors (Lipinski definition) is 2. The number of benzene rings is 1. The average Bonchev–Trinajstić information content (AvgIpc) is 3.45. The summed E-state index contributed by atoms with van der Waals surface area (Å²) in [6.45, 7) is 5.40. The van der Waals surface area contributed by atoms with Gasteiger partial charge in [-0.2, -0.15) is 0 Å². The Labute approximate surface area is 176 Å². The second-order valence-electron chi connectivity index (χ2n) is 7.52. The van der Waals surface area contributed by atoms with Gasteiger partial charge in [-0.3, -0.25) is 14.5 Å². The van der Waals surface area contributed by atoms with Crippen LogP contribution in [0.5, 0.6) is 0 Å². The number of nitrogens with zero attached hydrogens (tertiary/aromatic N) is 2. The summed E-state index contributed by atoms with van der Waals surface area (Å²) in [6.07, 6.45) is 2.58. The summed E-state index contributed by atoms with van der Waals surface area (Å²) < 4.78 is 10.9. The Morgan fingerprint density at radius 2 is 1.80 bits per heavy atom. The van der Waals surface area contributed by atoms with Gasteiger partial charge < -0.3 is 24.7 Å². The van der Waals surface area contributed by atoms with Crippen molar-refractivity contribution in [1.29, 1.82) is 0 Å². The van der Waals surface area contributed by atoms with E-state index in [0.717, 1.165) is 37.5 Å². The minimum atomic E-state index is -0.624. The van der Waals surface area contributed by atoms with Gasteiger partial charge in [-0.15, -0.1) is 0 Å². The first-order chi connectivity index (χ1) is 14.7. The van der Waals surface area contributed by atoms with E-state index in [0.29, 0.717) is 26.3 Å². The highest BCUT2D eigenvalue weighted by Gasteiger charge is 2.29. The lowest BCUT2D eigenvalue weighted by atomic mass is 10.1. The smallest absolute Gasteiger partial charge is 0.309 e. The molecule has 3 heterocycles. The topological polar surface area (TPSA) is 87.0 Å². The molecule has 8 heteroatoms. The second kappa shape index (κ2) is 9.77. The molecule has 8 nitrogen and oxygen atoms in total. The van der Waals surface area contributed by atoms with Crippen molar-refractivity contribution in [2.75, 3.05) is 57.4 Å². The maximum absolute atomic E-state index is 12.4. The minimum absolute atomic E-state index is 0.172. The Hall–Kier alpha value is -2.84. The van der Waals surface area contributed by atoms with Crippen LogP contribution in [0.2, 0.25) is 0 Å². The Morgan fingerprint density at radius 3 is 2.60 bits per heavy atom. The number of hydrogen-bond acceptors (Lipinski definition) is 6. The maximum atomic E-state index is 12.4. The minimum Gasteiger partial charge on any atom is -0.467 e. The number of ether oxygens (including phenoxy) is 1. The van der Waals surface area contributed by atoms with Crippen LogP contribution in [-0.4, -0.2) is 69.2 Å². The van der Waals surface area contributed by atoms with E-state index in [1.807, 2.05) is 24.3 Å². The van der Waals surface area contributed by atoms with Crippen molar-refractivity contribution >= 4 is 17.5 Å². The molecule has 1 fully saturated rings. The van der Waals surface area contributed by atoms with E-state index >= 15 is 0 Å². The number of para-hydroxylation sites is 1. The van der Waals surface area contributed by atoms with Crippen LogP contribution in [0, 0.1) is 0 Å². The number of carbonyl (C=O) groups excluding carboxylic acids is 2. The average molecular weight is 412 g/mol. The predicted octanol–water partition coefficient (Wildman–Crippen LogP) is 0.948. The number of carbonyl (C=O) groups is 2. The zero-order chi connectivity index (χ0) is 20.8. The van der Waals surface area contributed by atoms with Crippen LogP contribution in [0.4, 0.5) is 5.69 Å². The van der Waals surface area contributed by atoms with Gasteiger partial charge in [-0.25, -0.2) is 0 Å².